The van der Waals surface area contributed by atoms with Crippen LogP contribution in [0.4, 0.5) is 0 Å². The number of rotatable bonds is 9. The molecular formula is C19H32O4. The molecule has 1 aromatic rings. The maximum atomic E-state index is 5.36. The molecule has 0 radical (unpaired) electrons. The maximum absolute atomic E-state index is 5.36. The fourth-order valence-electron chi connectivity index (χ4n) is 1.95. The van der Waals surface area contributed by atoms with Gasteiger partial charge in [-0.3, -0.25) is 0 Å². The molecule has 0 fully saturated rings. The van der Waals surface area contributed by atoms with E-state index in [0.717, 1.165) is 0 Å². The highest BCUT2D eigenvalue weighted by Crippen LogP contribution is 2.23. The van der Waals surface area contributed by atoms with Gasteiger partial charge in [0.2, 0.25) is 0 Å². The third-order valence-corrected chi connectivity index (χ3v) is 3.25. The summed E-state index contributed by atoms with van der Waals surface area (Å²) >= 11 is 0. The zero-order chi connectivity index (χ0) is 17.5. The molecule has 2 unspecified atom stereocenters. The molecule has 0 saturated carbocycles. The van der Waals surface area contributed by atoms with Crippen LogP contribution in [0.5, 0.6) is 0 Å². The first-order valence-corrected chi connectivity index (χ1v) is 8.38. The third kappa shape index (κ3) is 8.47. The van der Waals surface area contributed by atoms with Gasteiger partial charge in [0, 0.05) is 11.8 Å². The highest BCUT2D eigenvalue weighted by atomic mass is 17.2. The lowest BCUT2D eigenvalue weighted by atomic mass is 9.95. The molecule has 0 aliphatic heterocycles. The van der Waals surface area contributed by atoms with Gasteiger partial charge in [-0.1, -0.05) is 38.1 Å². The van der Waals surface area contributed by atoms with E-state index >= 15 is 0 Å². The molecular weight excluding hydrogens is 292 g/mol. The Morgan fingerprint density at radius 2 is 1.39 bits per heavy atom. The minimum absolute atomic E-state index is 0.0773. The van der Waals surface area contributed by atoms with Crippen LogP contribution >= 0.6 is 0 Å². The predicted octanol–water partition coefficient (Wildman–Crippen LogP) is 5.00. The Hall–Kier alpha value is -0.940. The minimum Gasteiger partial charge on any atom is -0.236 e. The van der Waals surface area contributed by atoms with Crippen LogP contribution in [0.1, 0.15) is 71.4 Å². The molecule has 0 bridgehead atoms. The van der Waals surface area contributed by atoms with Crippen molar-refractivity contribution in [2.24, 2.45) is 0 Å². The molecule has 0 heterocycles. The number of benzene rings is 1. The van der Waals surface area contributed by atoms with Gasteiger partial charge in [-0.05, 0) is 45.7 Å². The number of hydrogen-bond donors (Lipinski definition) is 0. The van der Waals surface area contributed by atoms with Gasteiger partial charge in [-0.25, -0.2) is 19.6 Å². The molecule has 1 rings (SSSR count). The maximum Gasteiger partial charge on any atom is 0.0952 e. The SMILES string of the molecule is CC(C)OOCC(C)c1cccc(C(C)COOC(C)(C)C)c1. The second-order valence-electron chi connectivity index (χ2n) is 7.38. The Kier molecular flexibility index (Phi) is 8.20. The normalized spacial score (nSPS) is 15.0. The fraction of sp³-hybridized carbons (Fsp3) is 0.684. The summed E-state index contributed by atoms with van der Waals surface area (Å²) in [7, 11) is 0. The first kappa shape index (κ1) is 20.1. The standard InChI is InChI=1S/C19H32O4/c1-14(2)22-20-12-15(3)17-9-8-10-18(11-17)16(4)13-21-23-19(5,6)7/h8-11,14-16H,12-13H2,1-7H3. The van der Waals surface area contributed by atoms with Crippen LogP contribution in [0.25, 0.3) is 0 Å². The van der Waals surface area contributed by atoms with E-state index in [4.69, 9.17) is 19.6 Å². The molecule has 0 aliphatic rings. The highest BCUT2D eigenvalue weighted by Gasteiger charge is 2.15. The van der Waals surface area contributed by atoms with Gasteiger partial charge in [-0.15, -0.1) is 0 Å². The second kappa shape index (κ2) is 9.38. The van der Waals surface area contributed by atoms with E-state index in [0.29, 0.717) is 13.2 Å². The van der Waals surface area contributed by atoms with Crippen molar-refractivity contribution in [3.05, 3.63) is 35.4 Å². The first-order valence-electron chi connectivity index (χ1n) is 8.38. The molecule has 2 atom stereocenters. The van der Waals surface area contributed by atoms with Crippen molar-refractivity contribution < 1.29 is 19.6 Å². The van der Waals surface area contributed by atoms with Crippen molar-refractivity contribution in [1.29, 1.82) is 0 Å². The van der Waals surface area contributed by atoms with Gasteiger partial charge >= 0.3 is 0 Å². The van der Waals surface area contributed by atoms with E-state index in [9.17, 15) is 0 Å². The molecule has 1 aromatic carbocycles. The lowest BCUT2D eigenvalue weighted by Crippen LogP contribution is -2.20. The minimum atomic E-state index is -0.288. The van der Waals surface area contributed by atoms with Crippen molar-refractivity contribution >= 4 is 0 Å². The lowest BCUT2D eigenvalue weighted by Gasteiger charge is -2.20. The summed E-state index contributed by atoms with van der Waals surface area (Å²) in [6.45, 7) is 15.2. The smallest absolute Gasteiger partial charge is 0.0952 e. The van der Waals surface area contributed by atoms with E-state index in [1.807, 2.05) is 34.6 Å². The van der Waals surface area contributed by atoms with Crippen LogP contribution in [0.2, 0.25) is 0 Å². The monoisotopic (exact) mass is 324 g/mol. The summed E-state index contributed by atoms with van der Waals surface area (Å²) in [6.07, 6.45) is 0.0773. The Bertz CT molecular complexity index is 451. The van der Waals surface area contributed by atoms with Gasteiger partial charge < -0.3 is 0 Å². The fourth-order valence-corrected chi connectivity index (χ4v) is 1.95. The molecule has 0 spiro atoms. The molecule has 4 heteroatoms. The Labute approximate surface area is 140 Å². The molecule has 4 nitrogen and oxygen atoms in total. The third-order valence-electron chi connectivity index (χ3n) is 3.25. The Balaban J connectivity index is 2.54. The average Bonchev–Trinajstić information content (AvgIpc) is 2.45. The Morgan fingerprint density at radius 1 is 0.870 bits per heavy atom. The van der Waals surface area contributed by atoms with E-state index < -0.39 is 0 Å². The average molecular weight is 324 g/mol. The number of hydrogen-bond acceptors (Lipinski definition) is 4. The van der Waals surface area contributed by atoms with Crippen LogP contribution in [0.3, 0.4) is 0 Å². The van der Waals surface area contributed by atoms with Crippen molar-refractivity contribution in [3.8, 4) is 0 Å². The molecule has 0 N–H and O–H groups in total. The second-order valence-corrected chi connectivity index (χ2v) is 7.38. The topological polar surface area (TPSA) is 36.9 Å². The van der Waals surface area contributed by atoms with Crippen LogP contribution in [0, 0.1) is 0 Å². The van der Waals surface area contributed by atoms with Crippen LogP contribution in [0.15, 0.2) is 24.3 Å². The predicted molar refractivity (Wildman–Crippen MR) is 92.2 cm³/mol. The van der Waals surface area contributed by atoms with Crippen molar-refractivity contribution in [3.63, 3.8) is 0 Å². The summed E-state index contributed by atoms with van der Waals surface area (Å²) < 4.78 is 0. The van der Waals surface area contributed by atoms with Crippen molar-refractivity contribution in [2.45, 2.75) is 72.0 Å². The summed E-state index contributed by atoms with van der Waals surface area (Å²) in [5.41, 5.74) is 2.18. The van der Waals surface area contributed by atoms with Gasteiger partial charge in [0.05, 0.1) is 24.9 Å². The lowest BCUT2D eigenvalue weighted by molar-refractivity contribution is -0.350. The van der Waals surface area contributed by atoms with Gasteiger partial charge in [0.15, 0.2) is 0 Å². The zero-order valence-electron chi connectivity index (χ0n) is 15.6. The van der Waals surface area contributed by atoms with Crippen LogP contribution in [-0.2, 0) is 19.6 Å². The van der Waals surface area contributed by atoms with Crippen molar-refractivity contribution in [2.75, 3.05) is 13.2 Å². The van der Waals surface area contributed by atoms with Gasteiger partial charge in [0.1, 0.15) is 0 Å². The van der Waals surface area contributed by atoms with Gasteiger partial charge in [-0.2, -0.15) is 0 Å². The largest absolute Gasteiger partial charge is 0.236 e. The van der Waals surface area contributed by atoms with Crippen LogP contribution < -0.4 is 0 Å². The van der Waals surface area contributed by atoms with E-state index in [2.05, 4.69) is 38.1 Å². The molecule has 0 aliphatic carbocycles. The molecule has 0 amide bonds. The molecule has 23 heavy (non-hydrogen) atoms. The van der Waals surface area contributed by atoms with Gasteiger partial charge in [0.25, 0.3) is 0 Å². The zero-order valence-corrected chi connectivity index (χ0v) is 15.6. The van der Waals surface area contributed by atoms with E-state index in [1.54, 1.807) is 0 Å². The first-order chi connectivity index (χ1) is 10.7. The molecule has 0 saturated heterocycles. The van der Waals surface area contributed by atoms with E-state index in [-0.39, 0.29) is 23.5 Å². The highest BCUT2D eigenvalue weighted by molar-refractivity contribution is 5.28. The molecule has 132 valence electrons. The Morgan fingerprint density at radius 3 is 1.87 bits per heavy atom. The van der Waals surface area contributed by atoms with Crippen molar-refractivity contribution in [1.82, 2.24) is 0 Å². The quantitative estimate of drug-likeness (QED) is 0.473. The summed E-state index contributed by atoms with van der Waals surface area (Å²) in [4.78, 5) is 21.1. The van der Waals surface area contributed by atoms with E-state index in [1.165, 1.54) is 11.1 Å². The summed E-state index contributed by atoms with van der Waals surface area (Å²) in [5.74, 6) is 0.532. The summed E-state index contributed by atoms with van der Waals surface area (Å²) in [6, 6.07) is 8.51. The summed E-state index contributed by atoms with van der Waals surface area (Å²) in [5, 5.41) is 0. The van der Waals surface area contributed by atoms with Crippen LogP contribution in [-0.4, -0.2) is 24.9 Å². The molecule has 0 aromatic heterocycles.